The Morgan fingerprint density at radius 2 is 1.36 bits per heavy atom. The van der Waals surface area contributed by atoms with Crippen LogP contribution in [0.2, 0.25) is 0 Å². The zero-order valence-corrected chi connectivity index (χ0v) is 17.2. The molecule has 6 N–H and O–H groups in total. The predicted molar refractivity (Wildman–Crippen MR) is 112 cm³/mol. The van der Waals surface area contributed by atoms with Gasteiger partial charge in [0.2, 0.25) is 0 Å². The van der Waals surface area contributed by atoms with Crippen molar-refractivity contribution in [3.63, 3.8) is 0 Å². The summed E-state index contributed by atoms with van der Waals surface area (Å²) in [7, 11) is 3.28. The van der Waals surface area contributed by atoms with Gasteiger partial charge in [0.25, 0.3) is 0 Å². The molecule has 0 heterocycles. The molecule has 0 unspecified atom stereocenters. The first-order valence-electron chi connectivity index (χ1n) is 7.79. The molecule has 142 valence electrons. The maximum absolute atomic E-state index is 5.78. The van der Waals surface area contributed by atoms with Gasteiger partial charge in [-0.3, -0.25) is 0 Å². The highest BCUT2D eigenvalue weighted by atomic mass is 127. The molecule has 0 bridgehead atoms. The number of ether oxygens (including phenoxy) is 2. The second kappa shape index (κ2) is 14.7. The molecule has 0 fully saturated rings. The highest BCUT2D eigenvalue weighted by Crippen LogP contribution is 2.07. The summed E-state index contributed by atoms with van der Waals surface area (Å²) < 4.78 is 9.88. The maximum atomic E-state index is 5.78. The predicted octanol–water partition coefficient (Wildman–Crippen LogP) is 0.406. The number of hydrogen-bond acceptors (Lipinski definition) is 4. The van der Waals surface area contributed by atoms with Crippen molar-refractivity contribution in [2.24, 2.45) is 21.5 Å². The van der Waals surface area contributed by atoms with Crippen molar-refractivity contribution in [1.82, 2.24) is 10.6 Å². The van der Waals surface area contributed by atoms with Gasteiger partial charge in [0.15, 0.2) is 11.9 Å². The Bertz CT molecular complexity index is 496. The van der Waals surface area contributed by atoms with E-state index >= 15 is 0 Å². The Morgan fingerprint density at radius 1 is 0.920 bits per heavy atom. The molecule has 0 aliphatic rings. The van der Waals surface area contributed by atoms with Crippen molar-refractivity contribution in [2.45, 2.75) is 13.1 Å². The van der Waals surface area contributed by atoms with Crippen molar-refractivity contribution in [3.8, 4) is 0 Å². The molecule has 0 aliphatic carbocycles. The fraction of sp³-hybridized carbons (Fsp3) is 0.500. The summed E-state index contributed by atoms with van der Waals surface area (Å²) in [5.41, 5.74) is 13.7. The van der Waals surface area contributed by atoms with E-state index in [0.29, 0.717) is 51.3 Å². The van der Waals surface area contributed by atoms with Crippen molar-refractivity contribution in [2.75, 3.05) is 40.5 Å². The number of halogens is 1. The Labute approximate surface area is 166 Å². The smallest absolute Gasteiger partial charge is 0.188 e. The van der Waals surface area contributed by atoms with Gasteiger partial charge in [-0.1, -0.05) is 24.3 Å². The molecule has 0 amide bonds. The minimum absolute atomic E-state index is 0. The van der Waals surface area contributed by atoms with Crippen LogP contribution in [0.3, 0.4) is 0 Å². The van der Waals surface area contributed by atoms with Crippen LogP contribution in [-0.4, -0.2) is 52.4 Å². The quantitative estimate of drug-likeness (QED) is 0.172. The van der Waals surface area contributed by atoms with Gasteiger partial charge in [-0.15, -0.1) is 24.0 Å². The van der Waals surface area contributed by atoms with Crippen LogP contribution in [0.25, 0.3) is 0 Å². The molecule has 25 heavy (non-hydrogen) atoms. The van der Waals surface area contributed by atoms with Crippen molar-refractivity contribution in [1.29, 1.82) is 0 Å². The zero-order valence-electron chi connectivity index (χ0n) is 14.8. The molecule has 0 radical (unpaired) electrons. The third-order valence-corrected chi connectivity index (χ3v) is 3.08. The van der Waals surface area contributed by atoms with Gasteiger partial charge in [0.05, 0.1) is 26.3 Å². The molecule has 1 aromatic carbocycles. The van der Waals surface area contributed by atoms with Gasteiger partial charge in [-0.05, 0) is 11.1 Å². The van der Waals surface area contributed by atoms with E-state index in [0.717, 1.165) is 11.1 Å². The number of guanidine groups is 2. The third-order valence-electron chi connectivity index (χ3n) is 3.08. The Hall–Kier alpha value is -1.59. The fourth-order valence-corrected chi connectivity index (χ4v) is 1.85. The van der Waals surface area contributed by atoms with Crippen LogP contribution < -0.4 is 22.1 Å². The van der Waals surface area contributed by atoms with Crippen LogP contribution in [0, 0.1) is 0 Å². The summed E-state index contributed by atoms with van der Waals surface area (Å²) in [6.45, 7) is 3.45. The molecule has 0 spiro atoms. The summed E-state index contributed by atoms with van der Waals surface area (Å²) in [4.78, 5) is 8.59. The van der Waals surface area contributed by atoms with Gasteiger partial charge < -0.3 is 31.6 Å². The van der Waals surface area contributed by atoms with Crippen LogP contribution >= 0.6 is 24.0 Å². The molecule has 1 aromatic rings. The summed E-state index contributed by atoms with van der Waals surface area (Å²) in [5, 5.41) is 5.96. The number of aliphatic imine (C=N–C) groups is 2. The van der Waals surface area contributed by atoms with Gasteiger partial charge in [-0.25, -0.2) is 9.98 Å². The average Bonchev–Trinajstić information content (AvgIpc) is 2.59. The van der Waals surface area contributed by atoms with Crippen molar-refractivity contribution >= 4 is 35.9 Å². The van der Waals surface area contributed by atoms with E-state index in [4.69, 9.17) is 20.9 Å². The molecule has 1 rings (SSSR count). The van der Waals surface area contributed by atoms with E-state index in [2.05, 4.69) is 20.6 Å². The number of methoxy groups -OCH3 is 2. The Kier molecular flexibility index (Phi) is 13.8. The standard InChI is InChI=1S/C16H28N6O2.HI/c1-23-8-6-19-15(17)21-11-13-4-3-5-14(10-13)12-22-16(18)20-7-9-24-2;/h3-5,10H,6-9,11-12H2,1-2H3,(H3,17,19,21)(H3,18,20,22);1H. The molecule has 0 aromatic heterocycles. The normalized spacial score (nSPS) is 11.8. The first-order chi connectivity index (χ1) is 11.7. The molecule has 8 nitrogen and oxygen atoms in total. The van der Waals surface area contributed by atoms with Gasteiger partial charge in [0.1, 0.15) is 0 Å². The number of nitrogens with zero attached hydrogens (tertiary/aromatic N) is 2. The third kappa shape index (κ3) is 11.6. The summed E-state index contributed by atoms with van der Waals surface area (Å²) in [6.07, 6.45) is 0. The minimum atomic E-state index is 0. The topological polar surface area (TPSA) is 119 Å². The van der Waals surface area contributed by atoms with Crippen molar-refractivity contribution < 1.29 is 9.47 Å². The lowest BCUT2D eigenvalue weighted by Gasteiger charge is -2.06. The Balaban J connectivity index is 0.00000576. The number of rotatable bonds is 10. The molecule has 0 atom stereocenters. The maximum Gasteiger partial charge on any atom is 0.188 e. The highest BCUT2D eigenvalue weighted by molar-refractivity contribution is 14.0. The lowest BCUT2D eigenvalue weighted by Crippen LogP contribution is -2.34. The largest absolute Gasteiger partial charge is 0.383 e. The zero-order chi connectivity index (χ0) is 17.6. The second-order valence-electron chi connectivity index (χ2n) is 5.06. The fourth-order valence-electron chi connectivity index (χ4n) is 1.85. The van der Waals surface area contributed by atoms with E-state index in [9.17, 15) is 0 Å². The molecule has 0 saturated heterocycles. The van der Waals surface area contributed by atoms with Crippen molar-refractivity contribution in [3.05, 3.63) is 35.4 Å². The summed E-state index contributed by atoms with van der Waals surface area (Å²) in [6, 6.07) is 8.01. The SMILES string of the molecule is COCCNC(N)=NCc1cccc(CN=C(N)NCCOC)c1.I. The van der Waals surface area contributed by atoms with Crippen LogP contribution in [0.5, 0.6) is 0 Å². The molecule has 0 aliphatic heterocycles. The van der Waals surface area contributed by atoms with E-state index in [1.165, 1.54) is 0 Å². The Morgan fingerprint density at radius 3 is 1.76 bits per heavy atom. The molecular formula is C16H29IN6O2. The second-order valence-corrected chi connectivity index (χ2v) is 5.06. The van der Waals surface area contributed by atoms with Crippen LogP contribution in [0.15, 0.2) is 34.3 Å². The molecule has 9 heteroatoms. The number of nitrogens with two attached hydrogens (primary N) is 2. The number of benzene rings is 1. The van der Waals surface area contributed by atoms with Crippen LogP contribution in [-0.2, 0) is 22.6 Å². The van der Waals surface area contributed by atoms with E-state index in [-0.39, 0.29) is 24.0 Å². The van der Waals surface area contributed by atoms with E-state index < -0.39 is 0 Å². The van der Waals surface area contributed by atoms with E-state index in [1.807, 2.05) is 24.3 Å². The first-order valence-corrected chi connectivity index (χ1v) is 7.79. The molecular weight excluding hydrogens is 435 g/mol. The lowest BCUT2D eigenvalue weighted by atomic mass is 10.1. The van der Waals surface area contributed by atoms with E-state index in [1.54, 1.807) is 14.2 Å². The summed E-state index contributed by atoms with van der Waals surface area (Å²) in [5.74, 6) is 0.809. The van der Waals surface area contributed by atoms with Gasteiger partial charge >= 0.3 is 0 Å². The molecule has 0 saturated carbocycles. The highest BCUT2D eigenvalue weighted by Gasteiger charge is 1.98. The monoisotopic (exact) mass is 464 g/mol. The lowest BCUT2D eigenvalue weighted by molar-refractivity contribution is 0.204. The first kappa shape index (κ1) is 23.4. The average molecular weight is 464 g/mol. The van der Waals surface area contributed by atoms with Gasteiger partial charge in [0, 0.05) is 27.3 Å². The van der Waals surface area contributed by atoms with Crippen LogP contribution in [0.4, 0.5) is 0 Å². The summed E-state index contributed by atoms with van der Waals surface area (Å²) >= 11 is 0. The van der Waals surface area contributed by atoms with Gasteiger partial charge in [-0.2, -0.15) is 0 Å². The number of hydrogen-bond donors (Lipinski definition) is 4. The van der Waals surface area contributed by atoms with Crippen LogP contribution in [0.1, 0.15) is 11.1 Å². The number of nitrogens with one attached hydrogen (secondary N) is 2. The minimum Gasteiger partial charge on any atom is -0.383 e.